The van der Waals surface area contributed by atoms with Gasteiger partial charge in [-0.3, -0.25) is 0 Å². The van der Waals surface area contributed by atoms with E-state index in [-0.39, 0.29) is 27.3 Å². The molecule has 0 amide bonds. The van der Waals surface area contributed by atoms with Crippen molar-refractivity contribution in [2.24, 2.45) is 0 Å². The van der Waals surface area contributed by atoms with E-state index in [2.05, 4.69) is 0 Å². The van der Waals surface area contributed by atoms with Crippen LogP contribution in [0.15, 0.2) is 0 Å². The molecule has 0 heterocycles. The molecule has 1 atom stereocenters. The third-order valence-corrected chi connectivity index (χ3v) is 0.127. The maximum atomic E-state index is 10.6. The molecule has 0 fully saturated rings. The van der Waals surface area contributed by atoms with Crippen LogP contribution in [0.1, 0.15) is 0 Å². The van der Waals surface area contributed by atoms with Crippen LogP contribution >= 0.6 is 0 Å². The molecule has 0 saturated heterocycles. The van der Waals surface area contributed by atoms with Gasteiger partial charge in [0.2, 0.25) is 6.36 Å². The van der Waals surface area contributed by atoms with Crippen LogP contribution < -0.4 is 0 Å². The monoisotopic (exact) mass is 292 g/mol. The van der Waals surface area contributed by atoms with Gasteiger partial charge >= 0.3 is 27.3 Å². The molecule has 1 nitrogen and oxygen atoms in total. The molecular formula is C2H6F2OPb. The fourth-order valence-electron chi connectivity index (χ4n) is 0. The predicted molar refractivity (Wildman–Crippen MR) is 21.6 cm³/mol. The van der Waals surface area contributed by atoms with Crippen LogP contribution in [0.3, 0.4) is 0 Å². The van der Waals surface area contributed by atoms with E-state index in [1.54, 1.807) is 0 Å². The zero-order valence-corrected chi connectivity index (χ0v) is 8.69. The fraction of sp³-hybridized carbons (Fsp3) is 1.00. The van der Waals surface area contributed by atoms with Crippen LogP contribution in [0, 0.1) is 0 Å². The Bertz CT molecular complexity index is 25.5. The molecule has 0 saturated carbocycles. The normalized spacial score (nSPS) is 12.5. The summed E-state index contributed by atoms with van der Waals surface area (Å²) < 4.78 is 21.1. The first kappa shape index (κ1) is 9.89. The molecule has 0 aliphatic carbocycles. The first-order valence-corrected chi connectivity index (χ1v) is 1.15. The number of alkyl halides is 2. The molecule has 0 aliphatic rings. The molecule has 0 spiro atoms. The van der Waals surface area contributed by atoms with Crippen molar-refractivity contribution in [3.8, 4) is 0 Å². The van der Waals surface area contributed by atoms with Crippen molar-refractivity contribution in [3.05, 3.63) is 0 Å². The Labute approximate surface area is 54.5 Å². The molecule has 1 unspecified atom stereocenters. The van der Waals surface area contributed by atoms with E-state index in [0.717, 1.165) is 0 Å². The molecule has 0 aromatic rings. The van der Waals surface area contributed by atoms with Crippen molar-refractivity contribution in [1.82, 2.24) is 0 Å². The standard InChI is InChI=1S/C2H4F2O.Pb.2H/c3-1-2(4)5;;;/h2,5H,1H2;;;. The molecule has 4 heteroatoms. The zero-order chi connectivity index (χ0) is 4.28. The Morgan fingerprint density at radius 1 is 1.67 bits per heavy atom. The van der Waals surface area contributed by atoms with Gasteiger partial charge in [-0.05, 0) is 0 Å². The predicted octanol–water partition coefficient (Wildman–Crippen LogP) is -0.672. The van der Waals surface area contributed by atoms with E-state index < -0.39 is 13.0 Å². The minimum absolute atomic E-state index is 0. The van der Waals surface area contributed by atoms with Crippen molar-refractivity contribution >= 4 is 27.3 Å². The summed E-state index contributed by atoms with van der Waals surface area (Å²) in [5.74, 6) is 0. The van der Waals surface area contributed by atoms with Gasteiger partial charge in [-0.2, -0.15) is 0 Å². The van der Waals surface area contributed by atoms with E-state index in [4.69, 9.17) is 5.11 Å². The third kappa shape index (κ3) is 8.83. The Kier molecular flexibility index (Phi) is 9.46. The summed E-state index contributed by atoms with van der Waals surface area (Å²) in [5.41, 5.74) is 0. The molecule has 1 N–H and O–H groups in total. The molecule has 0 aliphatic heterocycles. The number of aliphatic hydroxyl groups is 1. The van der Waals surface area contributed by atoms with Crippen molar-refractivity contribution < 1.29 is 13.9 Å². The number of halogens is 2. The second-order valence-corrected chi connectivity index (χ2v) is 0.589. The van der Waals surface area contributed by atoms with Gasteiger partial charge in [-0.1, -0.05) is 0 Å². The molecule has 0 aromatic carbocycles. The summed E-state index contributed by atoms with van der Waals surface area (Å²) in [5, 5.41) is 7.32. The van der Waals surface area contributed by atoms with E-state index >= 15 is 0 Å². The molecule has 0 aromatic heterocycles. The molecule has 0 bridgehead atoms. The average Bonchev–Trinajstić information content (AvgIpc) is 1.38. The van der Waals surface area contributed by atoms with Gasteiger partial charge in [0.15, 0.2) is 0 Å². The summed E-state index contributed by atoms with van der Waals surface area (Å²) >= 11 is 0. The van der Waals surface area contributed by atoms with Crippen molar-refractivity contribution in [3.63, 3.8) is 0 Å². The van der Waals surface area contributed by atoms with Crippen LogP contribution in [0.5, 0.6) is 0 Å². The second-order valence-electron chi connectivity index (χ2n) is 0.589. The zero-order valence-electron chi connectivity index (χ0n) is 3.19. The second kappa shape index (κ2) is 5.74. The minimum atomic E-state index is -2.28. The summed E-state index contributed by atoms with van der Waals surface area (Å²) in [6, 6.07) is 0. The van der Waals surface area contributed by atoms with Gasteiger partial charge in [0.05, 0.1) is 0 Å². The molecule has 6 heavy (non-hydrogen) atoms. The van der Waals surface area contributed by atoms with Crippen LogP contribution in [-0.4, -0.2) is 45.4 Å². The van der Waals surface area contributed by atoms with E-state index in [0.29, 0.717) is 0 Å². The Balaban J connectivity index is 0. The molecule has 2 radical (unpaired) electrons. The van der Waals surface area contributed by atoms with E-state index in [1.807, 2.05) is 0 Å². The van der Waals surface area contributed by atoms with Crippen molar-refractivity contribution in [2.75, 3.05) is 6.67 Å². The van der Waals surface area contributed by atoms with Crippen LogP contribution in [0.25, 0.3) is 0 Å². The van der Waals surface area contributed by atoms with Crippen LogP contribution in [-0.2, 0) is 0 Å². The Hall–Kier alpha value is 0.742. The maximum absolute atomic E-state index is 10.6. The molecule has 38 valence electrons. The quantitative estimate of drug-likeness (QED) is 0.635. The van der Waals surface area contributed by atoms with Gasteiger partial charge in [0, 0.05) is 0 Å². The van der Waals surface area contributed by atoms with E-state index in [9.17, 15) is 8.78 Å². The van der Waals surface area contributed by atoms with Gasteiger partial charge in [0.25, 0.3) is 0 Å². The number of aliphatic hydroxyl groups excluding tert-OH is 1. The molecule has 0 rings (SSSR count). The van der Waals surface area contributed by atoms with Gasteiger partial charge in [-0.15, -0.1) is 0 Å². The summed E-state index contributed by atoms with van der Waals surface area (Å²) in [7, 11) is 0. The van der Waals surface area contributed by atoms with Crippen LogP contribution in [0.2, 0.25) is 0 Å². The number of rotatable bonds is 1. The number of hydrogen-bond donors (Lipinski definition) is 1. The first-order valence-electron chi connectivity index (χ1n) is 1.15. The van der Waals surface area contributed by atoms with E-state index in [1.165, 1.54) is 0 Å². The van der Waals surface area contributed by atoms with Gasteiger partial charge < -0.3 is 5.11 Å². The van der Waals surface area contributed by atoms with Gasteiger partial charge in [-0.25, -0.2) is 8.78 Å². The fourth-order valence-corrected chi connectivity index (χ4v) is 0. The summed E-state index contributed by atoms with van der Waals surface area (Å²) in [6.45, 7) is -1.31. The molecular weight excluding hydrogens is 285 g/mol. The average molecular weight is 291 g/mol. The third-order valence-electron chi connectivity index (χ3n) is 0.127. The topological polar surface area (TPSA) is 20.2 Å². The Morgan fingerprint density at radius 2 is 1.83 bits per heavy atom. The summed E-state index contributed by atoms with van der Waals surface area (Å²) in [4.78, 5) is 0. The SMILES string of the molecule is OC(F)CF.[PbH2]. The van der Waals surface area contributed by atoms with Crippen molar-refractivity contribution in [2.45, 2.75) is 6.36 Å². The summed E-state index contributed by atoms with van der Waals surface area (Å²) in [6.07, 6.45) is -2.28. The van der Waals surface area contributed by atoms with Crippen LogP contribution in [0.4, 0.5) is 8.78 Å². The van der Waals surface area contributed by atoms with Crippen molar-refractivity contribution in [1.29, 1.82) is 0 Å². The first-order chi connectivity index (χ1) is 2.27. The number of hydrogen-bond acceptors (Lipinski definition) is 1. The van der Waals surface area contributed by atoms with Gasteiger partial charge in [0.1, 0.15) is 6.67 Å². The Morgan fingerprint density at radius 3 is 1.83 bits per heavy atom.